The van der Waals surface area contributed by atoms with E-state index in [9.17, 15) is 14.4 Å². The number of hydrogen-bond donors (Lipinski definition) is 0. The van der Waals surface area contributed by atoms with Crippen molar-refractivity contribution in [2.75, 3.05) is 13.2 Å². The van der Waals surface area contributed by atoms with E-state index in [1.807, 2.05) is 0 Å². The van der Waals surface area contributed by atoms with Crippen molar-refractivity contribution in [3.8, 4) is 0 Å². The number of carbonyl (C=O) groups excluding carboxylic acids is 3. The van der Waals surface area contributed by atoms with Crippen LogP contribution >= 0.6 is 0 Å². The molecule has 0 amide bonds. The average molecular weight is 1080 g/mol. The molecule has 0 saturated heterocycles. The lowest BCUT2D eigenvalue weighted by molar-refractivity contribution is -0.167. The molecule has 0 rings (SSSR count). The Bertz CT molecular complexity index is 1570. The number of ether oxygens (including phenoxy) is 3. The van der Waals surface area contributed by atoms with Gasteiger partial charge in [-0.25, -0.2) is 0 Å². The summed E-state index contributed by atoms with van der Waals surface area (Å²) in [6.07, 6.45) is 89.6. The Morgan fingerprint density at radius 2 is 0.500 bits per heavy atom. The van der Waals surface area contributed by atoms with Crippen molar-refractivity contribution in [2.24, 2.45) is 0 Å². The van der Waals surface area contributed by atoms with Gasteiger partial charge in [-0.1, -0.05) is 291 Å². The maximum Gasteiger partial charge on any atom is 0.306 e. The standard InChI is InChI=1S/C72H122O6/c1-4-7-10-13-16-19-22-25-27-29-31-33-34-35-36-37-38-39-41-42-44-47-50-53-56-59-62-65-71(74)77-68-69(67-76-70(73)64-61-58-55-52-49-46-24-21-18-15-12-9-6-3)78-72(75)66-63-60-57-54-51-48-45-43-40-32-30-28-26-23-20-17-14-11-8-5-2/h7,10,16,19,21,24-25,27,31,33,35-36,38-39,42,44,50,53,69H,4-6,8-9,11-15,17-18,20,22-23,26,28-30,32,34,37,40-41,43,45-49,51-52,54-68H2,1-3H3/b10-7-,19-16-,24-21-,27-25-,33-31-,36-35-,39-38-,44-42-,53-50-. The Labute approximate surface area is 482 Å². The summed E-state index contributed by atoms with van der Waals surface area (Å²) in [7, 11) is 0. The van der Waals surface area contributed by atoms with Gasteiger partial charge in [0.25, 0.3) is 0 Å². The Morgan fingerprint density at radius 1 is 0.269 bits per heavy atom. The third-order valence-corrected chi connectivity index (χ3v) is 14.0. The first-order valence-electron chi connectivity index (χ1n) is 32.9. The first kappa shape index (κ1) is 74.1. The number of rotatable bonds is 59. The maximum absolute atomic E-state index is 12.9. The highest BCUT2D eigenvalue weighted by atomic mass is 16.6. The fraction of sp³-hybridized carbons (Fsp3) is 0.708. The van der Waals surface area contributed by atoms with Crippen LogP contribution in [0.5, 0.6) is 0 Å². The molecule has 0 aliphatic carbocycles. The molecule has 446 valence electrons. The predicted molar refractivity (Wildman–Crippen MR) is 339 cm³/mol. The first-order chi connectivity index (χ1) is 38.5. The van der Waals surface area contributed by atoms with Crippen LogP contribution in [0.2, 0.25) is 0 Å². The molecule has 0 radical (unpaired) electrons. The fourth-order valence-corrected chi connectivity index (χ4v) is 9.10. The van der Waals surface area contributed by atoms with Gasteiger partial charge in [0.15, 0.2) is 6.10 Å². The van der Waals surface area contributed by atoms with Crippen molar-refractivity contribution in [1.82, 2.24) is 0 Å². The Kier molecular flexibility index (Phi) is 62.3. The molecule has 0 spiro atoms. The highest BCUT2D eigenvalue weighted by Gasteiger charge is 2.19. The van der Waals surface area contributed by atoms with E-state index in [-0.39, 0.29) is 31.1 Å². The van der Waals surface area contributed by atoms with Crippen LogP contribution in [0.25, 0.3) is 0 Å². The minimum Gasteiger partial charge on any atom is -0.462 e. The summed E-state index contributed by atoms with van der Waals surface area (Å²) in [4.78, 5) is 38.3. The molecule has 0 saturated carbocycles. The summed E-state index contributed by atoms with van der Waals surface area (Å²) < 4.78 is 16.9. The maximum atomic E-state index is 12.9. The van der Waals surface area contributed by atoms with Crippen molar-refractivity contribution in [1.29, 1.82) is 0 Å². The summed E-state index contributed by atoms with van der Waals surface area (Å²) >= 11 is 0. The number of allylic oxidation sites excluding steroid dienone is 18. The van der Waals surface area contributed by atoms with E-state index in [1.54, 1.807) is 0 Å². The van der Waals surface area contributed by atoms with E-state index in [2.05, 4.69) is 130 Å². The molecule has 1 atom stereocenters. The van der Waals surface area contributed by atoms with Crippen molar-refractivity contribution in [3.63, 3.8) is 0 Å². The van der Waals surface area contributed by atoms with Crippen LogP contribution in [0.4, 0.5) is 0 Å². The van der Waals surface area contributed by atoms with Crippen LogP contribution < -0.4 is 0 Å². The highest BCUT2D eigenvalue weighted by Crippen LogP contribution is 2.17. The largest absolute Gasteiger partial charge is 0.462 e. The van der Waals surface area contributed by atoms with Gasteiger partial charge in [0.2, 0.25) is 0 Å². The van der Waals surface area contributed by atoms with Gasteiger partial charge in [-0.05, 0) is 109 Å². The third-order valence-electron chi connectivity index (χ3n) is 14.0. The summed E-state index contributed by atoms with van der Waals surface area (Å²) in [5.74, 6) is -0.938. The number of hydrogen-bond acceptors (Lipinski definition) is 6. The minimum atomic E-state index is -0.800. The minimum absolute atomic E-state index is 0.0947. The quantitative estimate of drug-likeness (QED) is 0.0261. The van der Waals surface area contributed by atoms with Crippen LogP contribution in [0, 0.1) is 0 Å². The van der Waals surface area contributed by atoms with E-state index in [4.69, 9.17) is 14.2 Å². The first-order valence-corrected chi connectivity index (χ1v) is 32.9. The van der Waals surface area contributed by atoms with E-state index in [0.717, 1.165) is 116 Å². The Morgan fingerprint density at radius 3 is 0.833 bits per heavy atom. The number of esters is 3. The Hall–Kier alpha value is -3.93. The van der Waals surface area contributed by atoms with Gasteiger partial charge in [0.1, 0.15) is 13.2 Å². The van der Waals surface area contributed by atoms with Crippen molar-refractivity contribution < 1.29 is 28.6 Å². The summed E-state index contributed by atoms with van der Waals surface area (Å²) in [5.41, 5.74) is 0. The van der Waals surface area contributed by atoms with Crippen LogP contribution in [0.3, 0.4) is 0 Å². The molecule has 6 heteroatoms. The lowest BCUT2D eigenvalue weighted by Gasteiger charge is -2.18. The molecular formula is C72H122O6. The van der Waals surface area contributed by atoms with Crippen molar-refractivity contribution in [3.05, 3.63) is 109 Å². The highest BCUT2D eigenvalue weighted by molar-refractivity contribution is 5.71. The lowest BCUT2D eigenvalue weighted by atomic mass is 10.0. The van der Waals surface area contributed by atoms with Gasteiger partial charge >= 0.3 is 17.9 Å². The molecule has 0 aromatic carbocycles. The molecule has 0 aliphatic heterocycles. The lowest BCUT2D eigenvalue weighted by Crippen LogP contribution is -2.30. The molecular weight excluding hydrogens is 961 g/mol. The normalized spacial score (nSPS) is 12.8. The summed E-state index contributed by atoms with van der Waals surface area (Å²) in [6, 6.07) is 0. The second-order valence-electron chi connectivity index (χ2n) is 21.6. The molecule has 0 aromatic rings. The smallest absolute Gasteiger partial charge is 0.306 e. The zero-order chi connectivity index (χ0) is 56.4. The van der Waals surface area contributed by atoms with Crippen molar-refractivity contribution >= 4 is 17.9 Å². The third kappa shape index (κ3) is 62.9. The number of carbonyl (C=O) groups is 3. The number of unbranched alkanes of at least 4 members (excludes halogenated alkanes) is 30. The van der Waals surface area contributed by atoms with Crippen LogP contribution in [-0.2, 0) is 28.6 Å². The summed E-state index contributed by atoms with van der Waals surface area (Å²) in [6.45, 7) is 6.50. The van der Waals surface area contributed by atoms with E-state index < -0.39 is 6.10 Å². The van der Waals surface area contributed by atoms with E-state index in [0.29, 0.717) is 19.3 Å². The average Bonchev–Trinajstić information content (AvgIpc) is 3.44. The Balaban J connectivity index is 4.41. The zero-order valence-corrected chi connectivity index (χ0v) is 51.2. The van der Waals surface area contributed by atoms with E-state index >= 15 is 0 Å². The molecule has 0 heterocycles. The molecule has 0 N–H and O–H groups in total. The molecule has 0 aliphatic rings. The monoisotopic (exact) mass is 1080 g/mol. The van der Waals surface area contributed by atoms with Gasteiger partial charge in [0, 0.05) is 19.3 Å². The predicted octanol–water partition coefficient (Wildman–Crippen LogP) is 22.6. The second-order valence-corrected chi connectivity index (χ2v) is 21.6. The SMILES string of the molecule is CC/C=C\C/C=C\C/C=C\C/C=C\C/C=C\C/C=C\C/C=C\C/C=C\CCCCC(=O)OCC(COC(=O)CCCCCCC/C=C\CCCCCC)OC(=O)CCCCCCCCCCCCCCCCCCCCCC. The van der Waals surface area contributed by atoms with Gasteiger partial charge < -0.3 is 14.2 Å². The molecule has 1 unspecified atom stereocenters. The zero-order valence-electron chi connectivity index (χ0n) is 51.2. The molecule has 6 nitrogen and oxygen atoms in total. The topological polar surface area (TPSA) is 78.9 Å². The van der Waals surface area contributed by atoms with Gasteiger partial charge in [-0.3, -0.25) is 14.4 Å². The van der Waals surface area contributed by atoms with Crippen LogP contribution in [0.1, 0.15) is 310 Å². The molecule has 78 heavy (non-hydrogen) atoms. The van der Waals surface area contributed by atoms with Crippen LogP contribution in [0.15, 0.2) is 109 Å². The van der Waals surface area contributed by atoms with Gasteiger partial charge in [-0.2, -0.15) is 0 Å². The molecule has 0 aromatic heterocycles. The summed E-state index contributed by atoms with van der Waals surface area (Å²) in [5, 5.41) is 0. The van der Waals surface area contributed by atoms with Crippen molar-refractivity contribution in [2.45, 2.75) is 316 Å². The van der Waals surface area contributed by atoms with Gasteiger partial charge in [0.05, 0.1) is 0 Å². The molecule has 0 fully saturated rings. The second kappa shape index (κ2) is 65.6. The molecule has 0 bridgehead atoms. The van der Waals surface area contributed by atoms with Gasteiger partial charge in [-0.15, -0.1) is 0 Å². The van der Waals surface area contributed by atoms with E-state index in [1.165, 1.54) is 154 Å². The van der Waals surface area contributed by atoms with Crippen LogP contribution in [-0.4, -0.2) is 37.2 Å². The fourth-order valence-electron chi connectivity index (χ4n) is 9.10.